The lowest BCUT2D eigenvalue weighted by Gasteiger charge is -2.11. The van der Waals surface area contributed by atoms with E-state index >= 15 is 0 Å². The average Bonchev–Trinajstić information content (AvgIpc) is 2.15. The van der Waals surface area contributed by atoms with Crippen LogP contribution in [0.25, 0.3) is 0 Å². The zero-order valence-corrected chi connectivity index (χ0v) is 8.00. The normalized spacial score (nSPS) is 12.4. The Labute approximate surface area is 79.7 Å². The lowest BCUT2D eigenvalue weighted by Crippen LogP contribution is -1.98. The van der Waals surface area contributed by atoms with Crippen molar-refractivity contribution in [1.82, 2.24) is 0 Å². The van der Waals surface area contributed by atoms with E-state index in [1.54, 1.807) is 0 Å². The van der Waals surface area contributed by atoms with Gasteiger partial charge in [-0.3, -0.25) is 0 Å². The maximum absolute atomic E-state index is 4.31. The number of hydrogen-bond donors (Lipinski definition) is 1. The fourth-order valence-corrected chi connectivity index (χ4v) is 1.60. The van der Waals surface area contributed by atoms with Gasteiger partial charge in [0.25, 0.3) is 0 Å². The molecule has 1 heteroatoms. The number of thiol groups is 1. The number of rotatable bonds is 4. The summed E-state index contributed by atoms with van der Waals surface area (Å²) in [4.78, 5) is 0. The summed E-state index contributed by atoms with van der Waals surface area (Å²) in [6, 6.07) is 10.4. The summed E-state index contributed by atoms with van der Waals surface area (Å²) in [7, 11) is 0. The summed E-state index contributed by atoms with van der Waals surface area (Å²) in [6.45, 7) is 3.74. The van der Waals surface area contributed by atoms with E-state index in [-0.39, 0.29) is 0 Å². The van der Waals surface area contributed by atoms with Gasteiger partial charge in [-0.25, -0.2) is 0 Å². The van der Waals surface area contributed by atoms with Crippen molar-refractivity contribution in [2.24, 2.45) is 0 Å². The Balaban J connectivity index is 2.72. The molecule has 0 aliphatic heterocycles. The molecule has 0 amide bonds. The maximum Gasteiger partial charge on any atom is -0.00259 e. The lowest BCUT2D eigenvalue weighted by atomic mass is 9.98. The third-order valence-corrected chi connectivity index (χ3v) is 2.38. The first-order chi connectivity index (χ1) is 5.88. The smallest absolute Gasteiger partial charge is 0.00259 e. The van der Waals surface area contributed by atoms with Gasteiger partial charge in [0.15, 0.2) is 0 Å². The van der Waals surface area contributed by atoms with E-state index in [9.17, 15) is 0 Å². The van der Waals surface area contributed by atoms with Crippen molar-refractivity contribution in [3.63, 3.8) is 0 Å². The van der Waals surface area contributed by atoms with Crippen LogP contribution in [0, 0.1) is 0 Å². The molecule has 1 aromatic carbocycles. The van der Waals surface area contributed by atoms with Crippen LogP contribution in [-0.2, 0) is 0 Å². The summed E-state index contributed by atoms with van der Waals surface area (Å²) >= 11 is 4.31. The molecule has 12 heavy (non-hydrogen) atoms. The van der Waals surface area contributed by atoms with Gasteiger partial charge in [0.2, 0.25) is 0 Å². The first-order valence-corrected chi connectivity index (χ1v) is 4.78. The van der Waals surface area contributed by atoms with Crippen LogP contribution in [0.2, 0.25) is 0 Å². The highest BCUT2D eigenvalue weighted by atomic mass is 32.1. The molecule has 0 radical (unpaired) electrons. The number of hydrogen-bond acceptors (Lipinski definition) is 1. The molecular weight excluding hydrogens is 164 g/mol. The van der Waals surface area contributed by atoms with E-state index in [4.69, 9.17) is 0 Å². The highest BCUT2D eigenvalue weighted by Crippen LogP contribution is 2.20. The molecule has 0 heterocycles. The van der Waals surface area contributed by atoms with Crippen LogP contribution in [0.15, 0.2) is 43.0 Å². The Hall–Kier alpha value is -0.690. The van der Waals surface area contributed by atoms with Crippen molar-refractivity contribution in [1.29, 1.82) is 0 Å². The summed E-state index contributed by atoms with van der Waals surface area (Å²) in [5, 5.41) is 0. The van der Waals surface area contributed by atoms with Crippen LogP contribution in [-0.4, -0.2) is 5.75 Å². The second-order valence-electron chi connectivity index (χ2n) is 2.81. The van der Waals surface area contributed by atoms with Crippen molar-refractivity contribution < 1.29 is 0 Å². The molecule has 1 atom stereocenters. The molecule has 0 bridgehead atoms. The van der Waals surface area contributed by atoms with E-state index < -0.39 is 0 Å². The van der Waals surface area contributed by atoms with Crippen LogP contribution in [0.1, 0.15) is 17.9 Å². The molecule has 0 spiro atoms. The Morgan fingerprint density at radius 3 is 2.50 bits per heavy atom. The average molecular weight is 178 g/mol. The van der Waals surface area contributed by atoms with Gasteiger partial charge in [0, 0.05) is 0 Å². The van der Waals surface area contributed by atoms with Crippen LogP contribution >= 0.6 is 12.6 Å². The van der Waals surface area contributed by atoms with Gasteiger partial charge in [-0.2, -0.15) is 12.6 Å². The van der Waals surface area contributed by atoms with Crippen molar-refractivity contribution in [3.05, 3.63) is 48.6 Å². The molecule has 0 saturated carbocycles. The van der Waals surface area contributed by atoms with Crippen molar-refractivity contribution in [2.45, 2.75) is 12.3 Å². The number of benzene rings is 1. The molecule has 1 unspecified atom stereocenters. The van der Waals surface area contributed by atoms with Crippen LogP contribution in [0.5, 0.6) is 0 Å². The minimum Gasteiger partial charge on any atom is -0.179 e. The van der Waals surface area contributed by atoms with Crippen molar-refractivity contribution in [3.8, 4) is 0 Å². The van der Waals surface area contributed by atoms with Crippen LogP contribution in [0.3, 0.4) is 0 Å². The second-order valence-corrected chi connectivity index (χ2v) is 3.18. The van der Waals surface area contributed by atoms with Crippen molar-refractivity contribution >= 4 is 12.6 Å². The molecule has 0 fully saturated rings. The molecule has 64 valence electrons. The molecule has 0 saturated heterocycles. The quantitative estimate of drug-likeness (QED) is 0.531. The standard InChI is InChI=1S/C11H14S/c1-2-6-11(9-12)10-7-4-3-5-8-10/h2-5,7-8,11-12H,1,6,9H2. The second kappa shape index (κ2) is 5.04. The van der Waals surface area contributed by atoms with Gasteiger partial charge in [0.05, 0.1) is 0 Å². The monoisotopic (exact) mass is 178 g/mol. The summed E-state index contributed by atoms with van der Waals surface area (Å²) < 4.78 is 0. The first kappa shape index (κ1) is 9.40. The molecule has 0 aliphatic rings. The summed E-state index contributed by atoms with van der Waals surface area (Å²) in [5.74, 6) is 1.41. The van der Waals surface area contributed by atoms with Crippen molar-refractivity contribution in [2.75, 3.05) is 5.75 Å². The Morgan fingerprint density at radius 1 is 1.33 bits per heavy atom. The molecule has 0 N–H and O–H groups in total. The molecule has 1 rings (SSSR count). The lowest BCUT2D eigenvalue weighted by molar-refractivity contribution is 0.796. The summed E-state index contributed by atoms with van der Waals surface area (Å²) in [5.41, 5.74) is 1.35. The minimum atomic E-state index is 0.520. The van der Waals surface area contributed by atoms with E-state index in [1.165, 1.54) is 5.56 Å². The van der Waals surface area contributed by atoms with E-state index in [0.29, 0.717) is 5.92 Å². The van der Waals surface area contributed by atoms with E-state index in [0.717, 1.165) is 12.2 Å². The van der Waals surface area contributed by atoms with Gasteiger partial charge >= 0.3 is 0 Å². The largest absolute Gasteiger partial charge is 0.179 e. The van der Waals surface area contributed by atoms with Crippen LogP contribution in [0.4, 0.5) is 0 Å². The third kappa shape index (κ3) is 2.42. The molecule has 0 nitrogen and oxygen atoms in total. The fourth-order valence-electron chi connectivity index (χ4n) is 1.24. The number of allylic oxidation sites excluding steroid dienone is 1. The Kier molecular flexibility index (Phi) is 3.95. The summed E-state index contributed by atoms with van der Waals surface area (Å²) in [6.07, 6.45) is 2.96. The first-order valence-electron chi connectivity index (χ1n) is 4.15. The SMILES string of the molecule is C=CCC(CS)c1ccccc1. The molecular formula is C11H14S. The zero-order valence-electron chi connectivity index (χ0n) is 7.11. The predicted molar refractivity (Wildman–Crippen MR) is 57.9 cm³/mol. The van der Waals surface area contributed by atoms with Gasteiger partial charge < -0.3 is 0 Å². The van der Waals surface area contributed by atoms with Crippen LogP contribution < -0.4 is 0 Å². The Bertz CT molecular complexity index is 228. The van der Waals surface area contributed by atoms with E-state index in [1.807, 2.05) is 12.1 Å². The molecule has 0 aromatic heterocycles. The van der Waals surface area contributed by atoms with Gasteiger partial charge in [-0.05, 0) is 23.7 Å². The Morgan fingerprint density at radius 2 is 2.00 bits per heavy atom. The topological polar surface area (TPSA) is 0 Å². The highest BCUT2D eigenvalue weighted by molar-refractivity contribution is 7.80. The molecule has 0 aliphatic carbocycles. The van der Waals surface area contributed by atoms with Gasteiger partial charge in [-0.15, -0.1) is 6.58 Å². The van der Waals surface area contributed by atoms with Gasteiger partial charge in [-0.1, -0.05) is 36.4 Å². The predicted octanol–water partition coefficient (Wildman–Crippen LogP) is 3.28. The van der Waals surface area contributed by atoms with Gasteiger partial charge in [0.1, 0.15) is 0 Å². The fraction of sp³-hybridized carbons (Fsp3) is 0.273. The maximum atomic E-state index is 4.31. The highest BCUT2D eigenvalue weighted by Gasteiger charge is 2.05. The third-order valence-electron chi connectivity index (χ3n) is 1.94. The zero-order chi connectivity index (χ0) is 8.81. The van der Waals surface area contributed by atoms with E-state index in [2.05, 4.69) is 43.5 Å². The molecule has 1 aromatic rings. The minimum absolute atomic E-state index is 0.520.